The van der Waals surface area contributed by atoms with Crippen LogP contribution >= 0.6 is 0 Å². The molecule has 2 aromatic rings. The van der Waals surface area contributed by atoms with Gasteiger partial charge in [0.1, 0.15) is 12.4 Å². The highest BCUT2D eigenvalue weighted by Crippen LogP contribution is 2.30. The monoisotopic (exact) mass is 312 g/mol. The fourth-order valence-electron chi connectivity index (χ4n) is 2.51. The highest BCUT2D eigenvalue weighted by Gasteiger charge is 2.24. The predicted octanol–water partition coefficient (Wildman–Crippen LogP) is 3.31. The van der Waals surface area contributed by atoms with Crippen molar-refractivity contribution in [3.63, 3.8) is 0 Å². The molecular weight excluding hydrogens is 295 g/mol. The van der Waals surface area contributed by atoms with E-state index in [-0.39, 0.29) is 12.2 Å². The quantitative estimate of drug-likeness (QED) is 0.642. The summed E-state index contributed by atoms with van der Waals surface area (Å²) in [5, 5.41) is 0. The van der Waals surface area contributed by atoms with Gasteiger partial charge in [-0.1, -0.05) is 24.3 Å². The standard InChI is InChI=1S/C18H17FN2O2/c1-21(2)10-13-5-3-12(4-6-13)9-20-17-8-14(19)7-15-16(17)11-23-18(15)22/h3-9H,10-11H2,1-2H3. The molecule has 2 aromatic carbocycles. The summed E-state index contributed by atoms with van der Waals surface area (Å²) in [6.45, 7) is 1.01. The molecule has 0 aliphatic carbocycles. The van der Waals surface area contributed by atoms with Crippen LogP contribution in [-0.4, -0.2) is 31.2 Å². The number of halogens is 1. The van der Waals surface area contributed by atoms with E-state index in [4.69, 9.17) is 4.74 Å². The Morgan fingerprint density at radius 3 is 2.70 bits per heavy atom. The van der Waals surface area contributed by atoms with Gasteiger partial charge in [0.25, 0.3) is 0 Å². The molecule has 0 bridgehead atoms. The highest BCUT2D eigenvalue weighted by molar-refractivity contribution is 5.95. The van der Waals surface area contributed by atoms with E-state index in [9.17, 15) is 9.18 Å². The van der Waals surface area contributed by atoms with Gasteiger partial charge in [-0.3, -0.25) is 4.99 Å². The van der Waals surface area contributed by atoms with Crippen molar-refractivity contribution in [3.8, 4) is 0 Å². The first-order valence-electron chi connectivity index (χ1n) is 7.30. The number of rotatable bonds is 4. The Morgan fingerprint density at radius 2 is 2.00 bits per heavy atom. The summed E-state index contributed by atoms with van der Waals surface area (Å²) in [4.78, 5) is 17.9. The number of carbonyl (C=O) groups excluding carboxylic acids is 1. The Bertz CT molecular complexity index is 767. The second kappa shape index (κ2) is 6.30. The van der Waals surface area contributed by atoms with Crippen LogP contribution in [0.4, 0.5) is 10.1 Å². The number of benzene rings is 2. The first kappa shape index (κ1) is 15.4. The maximum Gasteiger partial charge on any atom is 0.339 e. The second-order valence-electron chi connectivity index (χ2n) is 5.76. The van der Waals surface area contributed by atoms with E-state index >= 15 is 0 Å². The molecule has 0 saturated heterocycles. The molecule has 1 aliphatic heterocycles. The Hall–Kier alpha value is -2.53. The average Bonchev–Trinajstić information content (AvgIpc) is 2.87. The van der Waals surface area contributed by atoms with E-state index in [0.717, 1.165) is 12.1 Å². The Labute approximate surface area is 134 Å². The summed E-state index contributed by atoms with van der Waals surface area (Å²) in [5.41, 5.74) is 3.45. The van der Waals surface area contributed by atoms with Crippen molar-refractivity contribution in [2.45, 2.75) is 13.2 Å². The third-order valence-corrected chi connectivity index (χ3v) is 3.59. The summed E-state index contributed by atoms with van der Waals surface area (Å²) in [6, 6.07) is 10.5. The van der Waals surface area contributed by atoms with Crippen LogP contribution in [0.5, 0.6) is 0 Å². The maximum absolute atomic E-state index is 13.6. The first-order chi connectivity index (χ1) is 11.0. The molecule has 0 spiro atoms. The first-order valence-corrected chi connectivity index (χ1v) is 7.30. The molecule has 5 heteroatoms. The molecule has 0 radical (unpaired) electrons. The molecule has 0 atom stereocenters. The van der Waals surface area contributed by atoms with E-state index in [1.165, 1.54) is 17.7 Å². The van der Waals surface area contributed by atoms with Crippen molar-refractivity contribution in [3.05, 3.63) is 64.5 Å². The molecule has 118 valence electrons. The lowest BCUT2D eigenvalue weighted by atomic mass is 10.1. The normalized spacial score (nSPS) is 13.7. The largest absolute Gasteiger partial charge is 0.457 e. The number of fused-ring (bicyclic) bond motifs is 1. The molecule has 0 amide bonds. The molecule has 0 saturated carbocycles. The second-order valence-corrected chi connectivity index (χ2v) is 5.76. The molecular formula is C18H17FN2O2. The van der Waals surface area contributed by atoms with Crippen LogP contribution in [0.3, 0.4) is 0 Å². The lowest BCUT2D eigenvalue weighted by Crippen LogP contribution is -2.10. The van der Waals surface area contributed by atoms with Crippen LogP contribution in [0, 0.1) is 5.82 Å². The zero-order valence-corrected chi connectivity index (χ0v) is 13.0. The van der Waals surface area contributed by atoms with Crippen molar-refractivity contribution in [1.29, 1.82) is 0 Å². The van der Waals surface area contributed by atoms with E-state index in [0.29, 0.717) is 11.3 Å². The van der Waals surface area contributed by atoms with Crippen molar-refractivity contribution in [2.75, 3.05) is 14.1 Å². The Balaban J connectivity index is 1.83. The minimum Gasteiger partial charge on any atom is -0.457 e. The molecule has 23 heavy (non-hydrogen) atoms. The molecule has 1 heterocycles. The number of esters is 1. The van der Waals surface area contributed by atoms with Gasteiger partial charge < -0.3 is 9.64 Å². The predicted molar refractivity (Wildman–Crippen MR) is 86.6 cm³/mol. The van der Waals surface area contributed by atoms with Gasteiger partial charge in [-0.2, -0.15) is 0 Å². The smallest absolute Gasteiger partial charge is 0.339 e. The van der Waals surface area contributed by atoms with Crippen molar-refractivity contribution < 1.29 is 13.9 Å². The van der Waals surface area contributed by atoms with Crippen LogP contribution in [-0.2, 0) is 17.9 Å². The summed E-state index contributed by atoms with van der Waals surface area (Å²) in [7, 11) is 4.03. The van der Waals surface area contributed by atoms with Gasteiger partial charge in [0.05, 0.1) is 11.3 Å². The fourth-order valence-corrected chi connectivity index (χ4v) is 2.51. The third-order valence-electron chi connectivity index (χ3n) is 3.59. The number of hydrogen-bond acceptors (Lipinski definition) is 4. The number of aliphatic imine (C=N–C) groups is 1. The van der Waals surface area contributed by atoms with E-state index in [1.807, 2.05) is 38.4 Å². The summed E-state index contributed by atoms with van der Waals surface area (Å²) in [5.74, 6) is -0.986. The number of ether oxygens (including phenoxy) is 1. The Morgan fingerprint density at radius 1 is 1.26 bits per heavy atom. The van der Waals surface area contributed by atoms with Gasteiger partial charge in [0, 0.05) is 18.3 Å². The molecule has 0 unspecified atom stereocenters. The summed E-state index contributed by atoms with van der Waals surface area (Å²) < 4.78 is 18.5. The van der Waals surface area contributed by atoms with E-state index in [2.05, 4.69) is 9.89 Å². The molecule has 4 nitrogen and oxygen atoms in total. The summed E-state index contributed by atoms with van der Waals surface area (Å²) in [6.07, 6.45) is 1.66. The van der Waals surface area contributed by atoms with Crippen molar-refractivity contribution in [2.24, 2.45) is 4.99 Å². The number of cyclic esters (lactones) is 1. The van der Waals surface area contributed by atoms with Crippen LogP contribution in [0.25, 0.3) is 0 Å². The van der Waals surface area contributed by atoms with Crippen LogP contribution in [0.1, 0.15) is 27.0 Å². The molecule has 0 fully saturated rings. The van der Waals surface area contributed by atoms with Crippen molar-refractivity contribution in [1.82, 2.24) is 4.90 Å². The lowest BCUT2D eigenvalue weighted by molar-refractivity contribution is 0.0535. The van der Waals surface area contributed by atoms with Gasteiger partial charge in [-0.05, 0) is 37.4 Å². The highest BCUT2D eigenvalue weighted by atomic mass is 19.1. The van der Waals surface area contributed by atoms with Crippen LogP contribution < -0.4 is 0 Å². The SMILES string of the molecule is CN(C)Cc1ccc(C=Nc2cc(F)cc3c2COC3=O)cc1. The van der Waals surface area contributed by atoms with Gasteiger partial charge >= 0.3 is 5.97 Å². The number of hydrogen-bond donors (Lipinski definition) is 0. The topological polar surface area (TPSA) is 41.9 Å². The van der Waals surface area contributed by atoms with Gasteiger partial charge in [-0.15, -0.1) is 0 Å². The number of carbonyl (C=O) groups is 1. The average molecular weight is 312 g/mol. The van der Waals surface area contributed by atoms with Gasteiger partial charge in [0.15, 0.2) is 0 Å². The zero-order chi connectivity index (χ0) is 16.4. The van der Waals surface area contributed by atoms with Gasteiger partial charge in [-0.25, -0.2) is 9.18 Å². The maximum atomic E-state index is 13.6. The molecule has 0 aromatic heterocycles. The van der Waals surface area contributed by atoms with Crippen LogP contribution in [0.15, 0.2) is 41.4 Å². The summed E-state index contributed by atoms with van der Waals surface area (Å²) >= 11 is 0. The Kier molecular flexibility index (Phi) is 4.21. The fraction of sp³-hybridized carbons (Fsp3) is 0.222. The van der Waals surface area contributed by atoms with Crippen LogP contribution in [0.2, 0.25) is 0 Å². The number of nitrogens with zero attached hydrogens (tertiary/aromatic N) is 2. The zero-order valence-electron chi connectivity index (χ0n) is 13.0. The third kappa shape index (κ3) is 3.46. The molecule has 1 aliphatic rings. The van der Waals surface area contributed by atoms with E-state index < -0.39 is 11.8 Å². The minimum atomic E-state index is -0.496. The minimum absolute atomic E-state index is 0.142. The molecule has 3 rings (SSSR count). The van der Waals surface area contributed by atoms with E-state index in [1.54, 1.807) is 6.21 Å². The molecule has 0 N–H and O–H groups in total. The van der Waals surface area contributed by atoms with Crippen molar-refractivity contribution >= 4 is 17.9 Å². The lowest BCUT2D eigenvalue weighted by Gasteiger charge is -2.09. The van der Waals surface area contributed by atoms with Gasteiger partial charge in [0.2, 0.25) is 0 Å².